The molecule has 20 heavy (non-hydrogen) atoms. The zero-order valence-electron chi connectivity index (χ0n) is 10.9. The van der Waals surface area contributed by atoms with E-state index in [0.717, 1.165) is 23.4 Å². The van der Waals surface area contributed by atoms with Crippen LogP contribution in [0.5, 0.6) is 0 Å². The SMILES string of the molecule is O=C1Nc2ccccc2CCC1Nc1ccc(F)cc1. The average molecular weight is 270 g/mol. The first-order valence-corrected chi connectivity index (χ1v) is 6.63. The van der Waals surface area contributed by atoms with Gasteiger partial charge in [0.15, 0.2) is 0 Å². The smallest absolute Gasteiger partial charge is 0.246 e. The van der Waals surface area contributed by atoms with Crippen molar-refractivity contribution >= 4 is 17.3 Å². The predicted octanol–water partition coefficient (Wildman–Crippen LogP) is 3.19. The second-order valence-electron chi connectivity index (χ2n) is 4.89. The van der Waals surface area contributed by atoms with Gasteiger partial charge in [-0.1, -0.05) is 18.2 Å². The van der Waals surface area contributed by atoms with Crippen LogP contribution in [0.15, 0.2) is 48.5 Å². The van der Waals surface area contributed by atoms with E-state index in [-0.39, 0.29) is 17.8 Å². The van der Waals surface area contributed by atoms with Gasteiger partial charge in [-0.3, -0.25) is 4.79 Å². The molecule has 0 fully saturated rings. The quantitative estimate of drug-likeness (QED) is 0.880. The summed E-state index contributed by atoms with van der Waals surface area (Å²) in [5.74, 6) is -0.340. The van der Waals surface area contributed by atoms with Crippen LogP contribution in [0.1, 0.15) is 12.0 Å². The van der Waals surface area contributed by atoms with Crippen LogP contribution in [0.4, 0.5) is 15.8 Å². The van der Waals surface area contributed by atoms with E-state index in [1.54, 1.807) is 12.1 Å². The first-order chi connectivity index (χ1) is 9.72. The minimum atomic E-state index is -0.312. The molecule has 0 saturated heterocycles. The molecular formula is C16H15FN2O. The first-order valence-electron chi connectivity index (χ1n) is 6.63. The van der Waals surface area contributed by atoms with Crippen molar-refractivity contribution in [1.82, 2.24) is 0 Å². The van der Waals surface area contributed by atoms with Gasteiger partial charge in [0.1, 0.15) is 11.9 Å². The van der Waals surface area contributed by atoms with Crippen molar-refractivity contribution in [3.8, 4) is 0 Å². The summed E-state index contributed by atoms with van der Waals surface area (Å²) < 4.78 is 12.9. The Kier molecular flexibility index (Phi) is 3.37. The Labute approximate surface area is 116 Å². The third-order valence-corrected chi connectivity index (χ3v) is 3.48. The van der Waals surface area contributed by atoms with Crippen molar-refractivity contribution in [3.05, 3.63) is 59.9 Å². The van der Waals surface area contributed by atoms with E-state index in [0.29, 0.717) is 6.42 Å². The molecule has 102 valence electrons. The van der Waals surface area contributed by atoms with Crippen molar-refractivity contribution in [1.29, 1.82) is 0 Å². The molecule has 2 aromatic rings. The molecule has 0 radical (unpaired) electrons. The zero-order chi connectivity index (χ0) is 13.9. The summed E-state index contributed by atoms with van der Waals surface area (Å²) in [6.07, 6.45) is 1.54. The van der Waals surface area contributed by atoms with E-state index in [1.165, 1.54) is 12.1 Å². The maximum absolute atomic E-state index is 12.9. The number of carbonyl (C=O) groups excluding carboxylic acids is 1. The molecule has 1 heterocycles. The molecule has 1 aliphatic rings. The van der Waals surface area contributed by atoms with Crippen molar-refractivity contribution in [3.63, 3.8) is 0 Å². The molecule has 2 aromatic carbocycles. The van der Waals surface area contributed by atoms with Crippen LogP contribution in [0.3, 0.4) is 0 Å². The van der Waals surface area contributed by atoms with Crippen LogP contribution in [-0.4, -0.2) is 11.9 Å². The molecule has 1 atom stereocenters. The van der Waals surface area contributed by atoms with E-state index in [1.807, 2.05) is 24.3 Å². The number of anilines is 2. The minimum absolute atomic E-state index is 0.0562. The molecule has 0 spiro atoms. The van der Waals surface area contributed by atoms with E-state index >= 15 is 0 Å². The Morgan fingerprint density at radius 3 is 2.65 bits per heavy atom. The van der Waals surface area contributed by atoms with Gasteiger partial charge in [0, 0.05) is 11.4 Å². The molecule has 0 saturated carbocycles. The first kappa shape index (κ1) is 12.7. The molecule has 0 aliphatic carbocycles. The normalized spacial score (nSPS) is 17.9. The Morgan fingerprint density at radius 2 is 1.85 bits per heavy atom. The lowest BCUT2D eigenvalue weighted by Crippen LogP contribution is -2.33. The Morgan fingerprint density at radius 1 is 1.10 bits per heavy atom. The molecule has 1 amide bonds. The molecular weight excluding hydrogens is 255 g/mol. The maximum Gasteiger partial charge on any atom is 0.246 e. The zero-order valence-corrected chi connectivity index (χ0v) is 10.9. The number of fused-ring (bicyclic) bond motifs is 1. The van der Waals surface area contributed by atoms with Gasteiger partial charge in [0.25, 0.3) is 0 Å². The van der Waals surface area contributed by atoms with Crippen molar-refractivity contribution in [2.24, 2.45) is 0 Å². The Bertz CT molecular complexity index is 625. The van der Waals surface area contributed by atoms with Gasteiger partial charge in [-0.15, -0.1) is 0 Å². The van der Waals surface area contributed by atoms with Gasteiger partial charge < -0.3 is 10.6 Å². The number of rotatable bonds is 2. The summed E-state index contributed by atoms with van der Waals surface area (Å²) in [6, 6.07) is 13.5. The summed E-state index contributed by atoms with van der Waals surface area (Å²) in [5.41, 5.74) is 2.77. The van der Waals surface area contributed by atoms with Crippen molar-refractivity contribution < 1.29 is 9.18 Å². The summed E-state index contributed by atoms with van der Waals surface area (Å²) in [6.45, 7) is 0. The number of aryl methyl sites for hydroxylation is 1. The number of hydrogen-bond acceptors (Lipinski definition) is 2. The topological polar surface area (TPSA) is 41.1 Å². The van der Waals surface area contributed by atoms with Gasteiger partial charge >= 0.3 is 0 Å². The third-order valence-electron chi connectivity index (χ3n) is 3.48. The number of amides is 1. The summed E-state index contributed by atoms with van der Waals surface area (Å²) in [7, 11) is 0. The molecule has 1 aliphatic heterocycles. The van der Waals surface area contributed by atoms with Gasteiger partial charge in [-0.25, -0.2) is 4.39 Å². The van der Waals surface area contributed by atoms with Gasteiger partial charge in [0.2, 0.25) is 5.91 Å². The molecule has 3 nitrogen and oxygen atoms in total. The van der Waals surface area contributed by atoms with Gasteiger partial charge in [-0.2, -0.15) is 0 Å². The molecule has 2 N–H and O–H groups in total. The van der Waals surface area contributed by atoms with Crippen LogP contribution in [0.2, 0.25) is 0 Å². The standard InChI is InChI=1S/C16H15FN2O/c17-12-6-8-13(9-7-12)18-15-10-5-11-3-1-2-4-14(11)19-16(15)20/h1-4,6-9,15,18H,5,10H2,(H,19,20). The lowest BCUT2D eigenvalue weighted by molar-refractivity contribution is -0.116. The highest BCUT2D eigenvalue weighted by molar-refractivity contribution is 5.97. The average Bonchev–Trinajstić information content (AvgIpc) is 2.61. The lowest BCUT2D eigenvalue weighted by Gasteiger charge is -2.16. The highest BCUT2D eigenvalue weighted by Gasteiger charge is 2.23. The van der Waals surface area contributed by atoms with Gasteiger partial charge in [-0.05, 0) is 48.7 Å². The van der Waals surface area contributed by atoms with Crippen molar-refractivity contribution in [2.75, 3.05) is 10.6 Å². The molecule has 4 heteroatoms. The molecule has 0 aromatic heterocycles. The largest absolute Gasteiger partial charge is 0.374 e. The molecule has 0 bridgehead atoms. The second kappa shape index (κ2) is 5.33. The van der Waals surface area contributed by atoms with Crippen LogP contribution < -0.4 is 10.6 Å². The van der Waals surface area contributed by atoms with E-state index in [9.17, 15) is 9.18 Å². The third kappa shape index (κ3) is 2.64. The Hall–Kier alpha value is -2.36. The summed E-state index contributed by atoms with van der Waals surface area (Å²) in [5, 5.41) is 6.08. The number of carbonyl (C=O) groups is 1. The van der Waals surface area contributed by atoms with Crippen molar-refractivity contribution in [2.45, 2.75) is 18.9 Å². The fourth-order valence-electron chi connectivity index (χ4n) is 2.40. The maximum atomic E-state index is 12.9. The monoisotopic (exact) mass is 270 g/mol. The number of halogens is 1. The number of para-hydroxylation sites is 1. The Balaban J connectivity index is 1.76. The molecule has 3 rings (SSSR count). The summed E-state index contributed by atoms with van der Waals surface area (Å²) in [4.78, 5) is 12.2. The molecule has 1 unspecified atom stereocenters. The van der Waals surface area contributed by atoms with Crippen LogP contribution >= 0.6 is 0 Å². The van der Waals surface area contributed by atoms with Crippen LogP contribution in [-0.2, 0) is 11.2 Å². The second-order valence-corrected chi connectivity index (χ2v) is 4.89. The van der Waals surface area contributed by atoms with E-state index in [4.69, 9.17) is 0 Å². The van der Waals surface area contributed by atoms with Gasteiger partial charge in [0.05, 0.1) is 0 Å². The lowest BCUT2D eigenvalue weighted by atomic mass is 10.1. The van der Waals surface area contributed by atoms with Crippen LogP contribution in [0, 0.1) is 5.82 Å². The highest BCUT2D eigenvalue weighted by atomic mass is 19.1. The summed E-state index contributed by atoms with van der Waals surface area (Å²) >= 11 is 0. The van der Waals surface area contributed by atoms with E-state index < -0.39 is 0 Å². The fourth-order valence-corrected chi connectivity index (χ4v) is 2.40. The fraction of sp³-hybridized carbons (Fsp3) is 0.188. The predicted molar refractivity (Wildman–Crippen MR) is 77.2 cm³/mol. The highest BCUT2D eigenvalue weighted by Crippen LogP contribution is 2.23. The number of nitrogens with one attached hydrogen (secondary N) is 2. The number of hydrogen-bond donors (Lipinski definition) is 2. The minimum Gasteiger partial charge on any atom is -0.374 e. The number of benzene rings is 2. The van der Waals surface area contributed by atoms with E-state index in [2.05, 4.69) is 10.6 Å². The van der Waals surface area contributed by atoms with Crippen LogP contribution in [0.25, 0.3) is 0 Å².